The number of nitrogens with zero attached hydrogens (tertiary/aromatic N) is 1. The van der Waals surface area contributed by atoms with Crippen LogP contribution in [0.25, 0.3) is 0 Å². The average molecular weight is 269 g/mol. The van der Waals surface area contributed by atoms with Gasteiger partial charge in [0.2, 0.25) is 0 Å². The molecule has 1 aliphatic rings. The molecule has 0 unspecified atom stereocenters. The van der Waals surface area contributed by atoms with Crippen LogP contribution in [0.2, 0.25) is 0 Å². The predicted octanol–water partition coefficient (Wildman–Crippen LogP) is 1.12. The molecule has 2 nitrogen and oxygen atoms in total. The van der Waals surface area contributed by atoms with Gasteiger partial charge in [0, 0.05) is 35.6 Å². The summed E-state index contributed by atoms with van der Waals surface area (Å²) >= 11 is 2.44. The number of rotatable bonds is 2. The van der Waals surface area contributed by atoms with Crippen LogP contribution < -0.4 is 0 Å². The van der Waals surface area contributed by atoms with Crippen molar-refractivity contribution in [1.82, 2.24) is 4.90 Å². The van der Waals surface area contributed by atoms with Crippen molar-refractivity contribution in [3.63, 3.8) is 0 Å². The molecule has 1 rings (SSSR count). The van der Waals surface area contributed by atoms with E-state index in [9.17, 15) is 0 Å². The lowest BCUT2D eigenvalue weighted by Gasteiger charge is -2.19. The Labute approximate surface area is 82.1 Å². The van der Waals surface area contributed by atoms with Gasteiger partial charge in [-0.15, -0.1) is 0 Å². The molecule has 1 fully saturated rings. The fourth-order valence-electron chi connectivity index (χ4n) is 1.46. The Hall–Kier alpha value is 0.650. The van der Waals surface area contributed by atoms with E-state index in [1.165, 1.54) is 0 Å². The molecule has 1 heterocycles. The first-order valence-electron chi connectivity index (χ1n) is 4.14. The van der Waals surface area contributed by atoms with Gasteiger partial charge in [0.15, 0.2) is 0 Å². The zero-order valence-corrected chi connectivity index (χ0v) is 9.28. The monoisotopic (exact) mass is 269 g/mol. The minimum Gasteiger partial charge on any atom is -0.396 e. The third kappa shape index (κ3) is 2.29. The summed E-state index contributed by atoms with van der Waals surface area (Å²) in [7, 11) is 0. The van der Waals surface area contributed by atoms with E-state index in [2.05, 4.69) is 41.3 Å². The van der Waals surface area contributed by atoms with Crippen LogP contribution in [-0.4, -0.2) is 39.7 Å². The van der Waals surface area contributed by atoms with Gasteiger partial charge in [-0.25, -0.2) is 0 Å². The number of hydrogen-bond donors (Lipinski definition) is 1. The predicted molar refractivity (Wildman–Crippen MR) is 55.1 cm³/mol. The van der Waals surface area contributed by atoms with Crippen molar-refractivity contribution in [2.24, 2.45) is 5.92 Å². The quantitative estimate of drug-likeness (QED) is 0.600. The fourth-order valence-corrected chi connectivity index (χ4v) is 2.42. The molecule has 0 amide bonds. The van der Waals surface area contributed by atoms with E-state index in [1.54, 1.807) is 0 Å². The number of aliphatic hydroxyl groups excluding tert-OH is 1. The lowest BCUT2D eigenvalue weighted by atomic mass is 10.1. The van der Waals surface area contributed by atoms with Gasteiger partial charge in [0.05, 0.1) is 0 Å². The van der Waals surface area contributed by atoms with E-state index in [-0.39, 0.29) is 0 Å². The Bertz CT molecular complexity index is 129. The number of likely N-dealkylation sites (tertiary alicyclic amines) is 1. The zero-order chi connectivity index (χ0) is 8.43. The molecule has 1 N–H and O–H groups in total. The molecule has 0 aromatic heterocycles. The number of halogens is 1. The van der Waals surface area contributed by atoms with Gasteiger partial charge in [-0.3, -0.25) is 4.90 Å². The summed E-state index contributed by atoms with van der Waals surface area (Å²) in [6, 6.07) is 0.629. The molecule has 0 aromatic carbocycles. The summed E-state index contributed by atoms with van der Waals surface area (Å²) in [5.41, 5.74) is 0. The van der Waals surface area contributed by atoms with Crippen LogP contribution >= 0.6 is 22.6 Å². The van der Waals surface area contributed by atoms with Gasteiger partial charge in [-0.05, 0) is 13.8 Å². The fraction of sp³-hybridized carbons (Fsp3) is 1.00. The molecule has 0 aromatic rings. The van der Waals surface area contributed by atoms with Crippen LogP contribution in [0.4, 0.5) is 0 Å². The lowest BCUT2D eigenvalue weighted by molar-refractivity contribution is 0.210. The van der Waals surface area contributed by atoms with E-state index >= 15 is 0 Å². The number of aliphatic hydroxyl groups is 1. The summed E-state index contributed by atoms with van der Waals surface area (Å²) in [6.07, 6.45) is 0. The maximum Gasteiger partial charge on any atom is 0.0482 e. The molecule has 1 saturated heterocycles. The van der Waals surface area contributed by atoms with Crippen LogP contribution in [0.1, 0.15) is 13.8 Å². The topological polar surface area (TPSA) is 23.5 Å². The molecule has 0 radical (unpaired) electrons. The smallest absolute Gasteiger partial charge is 0.0482 e. The Morgan fingerprint density at radius 2 is 2.18 bits per heavy atom. The van der Waals surface area contributed by atoms with Gasteiger partial charge in [-0.2, -0.15) is 0 Å². The molecule has 0 aliphatic carbocycles. The van der Waals surface area contributed by atoms with Crippen LogP contribution in [-0.2, 0) is 0 Å². The van der Waals surface area contributed by atoms with Crippen molar-refractivity contribution < 1.29 is 5.11 Å². The first-order valence-corrected chi connectivity index (χ1v) is 5.38. The highest BCUT2D eigenvalue weighted by atomic mass is 127. The number of hydrogen-bond acceptors (Lipinski definition) is 2. The molecule has 0 spiro atoms. The van der Waals surface area contributed by atoms with Gasteiger partial charge >= 0.3 is 0 Å². The molecule has 11 heavy (non-hydrogen) atoms. The molecule has 66 valence electrons. The molecule has 3 heteroatoms. The maximum absolute atomic E-state index is 9.00. The normalized spacial score (nSPS) is 33.5. The van der Waals surface area contributed by atoms with E-state index in [4.69, 9.17) is 5.11 Å². The summed E-state index contributed by atoms with van der Waals surface area (Å²) < 4.78 is 0.639. The van der Waals surface area contributed by atoms with E-state index < -0.39 is 0 Å². The van der Waals surface area contributed by atoms with E-state index in [1.807, 2.05) is 0 Å². The van der Waals surface area contributed by atoms with Crippen molar-refractivity contribution in [3.05, 3.63) is 0 Å². The second kappa shape index (κ2) is 4.05. The largest absolute Gasteiger partial charge is 0.396 e. The van der Waals surface area contributed by atoms with Gasteiger partial charge < -0.3 is 5.11 Å². The van der Waals surface area contributed by atoms with Crippen molar-refractivity contribution in [1.29, 1.82) is 0 Å². The van der Waals surface area contributed by atoms with E-state index in [0.29, 0.717) is 22.5 Å². The van der Waals surface area contributed by atoms with Gasteiger partial charge in [0.1, 0.15) is 0 Å². The standard InChI is InChI=1S/C8H16INO/c1-6(2)10-3-7(5-11)8(9)4-10/h6-8,11H,3-5H2,1-2H3/t7-,8+/m1/s1. The van der Waals surface area contributed by atoms with Crippen LogP contribution in [0.15, 0.2) is 0 Å². The minimum absolute atomic E-state index is 0.344. The Kier molecular flexibility index (Phi) is 3.58. The summed E-state index contributed by atoms with van der Waals surface area (Å²) in [6.45, 7) is 6.98. The van der Waals surface area contributed by atoms with Crippen molar-refractivity contribution in [2.75, 3.05) is 19.7 Å². The minimum atomic E-state index is 0.344. The Balaban J connectivity index is 2.43. The third-order valence-corrected chi connectivity index (χ3v) is 3.77. The molecule has 2 atom stereocenters. The summed E-state index contributed by atoms with van der Waals surface area (Å²) in [5, 5.41) is 9.00. The molecule has 0 saturated carbocycles. The second-order valence-electron chi connectivity index (χ2n) is 3.51. The average Bonchev–Trinajstić information content (AvgIpc) is 2.31. The Morgan fingerprint density at radius 3 is 2.45 bits per heavy atom. The maximum atomic E-state index is 9.00. The van der Waals surface area contributed by atoms with E-state index in [0.717, 1.165) is 13.1 Å². The van der Waals surface area contributed by atoms with Crippen molar-refractivity contribution in [2.45, 2.75) is 23.8 Å². The summed E-state index contributed by atoms with van der Waals surface area (Å²) in [5.74, 6) is 0.498. The highest BCUT2D eigenvalue weighted by Gasteiger charge is 2.31. The molecular weight excluding hydrogens is 253 g/mol. The first kappa shape index (κ1) is 9.74. The Morgan fingerprint density at radius 1 is 1.55 bits per heavy atom. The lowest BCUT2D eigenvalue weighted by Crippen LogP contribution is -2.28. The van der Waals surface area contributed by atoms with Crippen LogP contribution in [0.3, 0.4) is 0 Å². The SMILES string of the molecule is CC(C)N1C[C@H](CO)[C@@H](I)C1. The third-order valence-electron chi connectivity index (χ3n) is 2.35. The zero-order valence-electron chi connectivity index (χ0n) is 7.13. The van der Waals surface area contributed by atoms with Crippen LogP contribution in [0.5, 0.6) is 0 Å². The van der Waals surface area contributed by atoms with Gasteiger partial charge in [0.25, 0.3) is 0 Å². The first-order chi connectivity index (χ1) is 5.15. The molecule has 1 aliphatic heterocycles. The van der Waals surface area contributed by atoms with Gasteiger partial charge in [-0.1, -0.05) is 22.6 Å². The second-order valence-corrected chi connectivity index (χ2v) is 5.11. The molecular formula is C8H16INO. The van der Waals surface area contributed by atoms with Crippen molar-refractivity contribution >= 4 is 22.6 Å². The van der Waals surface area contributed by atoms with Crippen molar-refractivity contribution in [3.8, 4) is 0 Å². The highest BCUT2D eigenvalue weighted by molar-refractivity contribution is 14.1. The van der Waals surface area contributed by atoms with Crippen LogP contribution in [0, 0.1) is 5.92 Å². The number of alkyl halides is 1. The highest BCUT2D eigenvalue weighted by Crippen LogP contribution is 2.24. The molecule has 0 bridgehead atoms. The summed E-state index contributed by atoms with van der Waals surface area (Å²) in [4.78, 5) is 2.43.